The second-order valence-electron chi connectivity index (χ2n) is 7.72. The predicted octanol–water partition coefficient (Wildman–Crippen LogP) is 4.39. The molecule has 3 rings (SSSR count). The summed E-state index contributed by atoms with van der Waals surface area (Å²) in [7, 11) is 0. The Bertz CT molecular complexity index is 824. The van der Waals surface area contributed by atoms with E-state index in [0.717, 1.165) is 86.4 Å². The van der Waals surface area contributed by atoms with Crippen LogP contribution < -0.4 is 5.73 Å². The van der Waals surface area contributed by atoms with Crippen molar-refractivity contribution in [3.8, 4) is 11.1 Å². The van der Waals surface area contributed by atoms with Gasteiger partial charge in [0, 0.05) is 47.6 Å². The number of benzene rings is 1. The molecule has 1 fully saturated rings. The molecule has 2 heterocycles. The summed E-state index contributed by atoms with van der Waals surface area (Å²) in [6, 6.07) is 8.18. The summed E-state index contributed by atoms with van der Waals surface area (Å²) in [4.78, 5) is 14.9. The monoisotopic (exact) mass is 461 g/mol. The standard InChI is InChI=1S/C23H32BrN3O2/c1-3-4-6-20-22(18-7-9-19(24)10-8-18)21(23(25)28)17(2)27(20)12-5-11-26-13-15-29-16-14-26/h7-10H,3-6,11-16H2,1-2H3,(H2,25,28). The van der Waals surface area contributed by atoms with Gasteiger partial charge in [0.05, 0.1) is 18.8 Å². The number of nitrogens with two attached hydrogens (primary N) is 1. The van der Waals surface area contributed by atoms with Crippen LogP contribution in [0, 0.1) is 6.92 Å². The van der Waals surface area contributed by atoms with Gasteiger partial charge in [-0.1, -0.05) is 41.4 Å². The Morgan fingerprint density at radius 3 is 2.45 bits per heavy atom. The van der Waals surface area contributed by atoms with Crippen LogP contribution in [0.1, 0.15) is 47.9 Å². The third-order valence-corrected chi connectivity index (χ3v) is 6.27. The minimum Gasteiger partial charge on any atom is -0.379 e. The molecule has 0 unspecified atom stereocenters. The van der Waals surface area contributed by atoms with Crippen LogP contribution in [0.4, 0.5) is 0 Å². The van der Waals surface area contributed by atoms with Crippen LogP contribution in [-0.2, 0) is 17.7 Å². The maximum atomic E-state index is 12.4. The Hall–Kier alpha value is -1.63. The number of hydrogen-bond donors (Lipinski definition) is 1. The lowest BCUT2D eigenvalue weighted by Crippen LogP contribution is -2.37. The van der Waals surface area contributed by atoms with Crippen LogP contribution in [0.2, 0.25) is 0 Å². The predicted molar refractivity (Wildman–Crippen MR) is 121 cm³/mol. The van der Waals surface area contributed by atoms with Crippen molar-refractivity contribution in [2.24, 2.45) is 5.73 Å². The molecule has 1 amide bonds. The highest BCUT2D eigenvalue weighted by atomic mass is 79.9. The summed E-state index contributed by atoms with van der Waals surface area (Å²) in [5.41, 5.74) is 10.8. The number of halogens is 1. The fourth-order valence-electron chi connectivity index (χ4n) is 4.21. The van der Waals surface area contributed by atoms with Gasteiger partial charge in [-0.05, 0) is 43.9 Å². The van der Waals surface area contributed by atoms with Gasteiger partial charge in [0.15, 0.2) is 0 Å². The van der Waals surface area contributed by atoms with Gasteiger partial charge in [0.2, 0.25) is 0 Å². The van der Waals surface area contributed by atoms with E-state index in [4.69, 9.17) is 10.5 Å². The molecule has 0 saturated carbocycles. The molecule has 0 spiro atoms. The topological polar surface area (TPSA) is 60.5 Å². The SMILES string of the molecule is CCCCc1c(-c2ccc(Br)cc2)c(C(N)=O)c(C)n1CCCN1CCOCC1. The molecule has 5 nitrogen and oxygen atoms in total. The zero-order chi connectivity index (χ0) is 20.8. The number of ether oxygens (including phenoxy) is 1. The van der Waals surface area contributed by atoms with Crippen LogP contribution in [0.25, 0.3) is 11.1 Å². The molecule has 1 saturated heterocycles. The lowest BCUT2D eigenvalue weighted by atomic mass is 9.97. The first kappa shape index (κ1) is 22.1. The first-order valence-corrected chi connectivity index (χ1v) is 11.4. The normalized spacial score (nSPS) is 15.0. The fourth-order valence-corrected chi connectivity index (χ4v) is 4.47. The van der Waals surface area contributed by atoms with Crippen LogP contribution >= 0.6 is 15.9 Å². The van der Waals surface area contributed by atoms with E-state index in [-0.39, 0.29) is 5.91 Å². The van der Waals surface area contributed by atoms with E-state index in [0.29, 0.717) is 5.56 Å². The van der Waals surface area contributed by atoms with Crippen molar-refractivity contribution in [2.75, 3.05) is 32.8 Å². The summed E-state index contributed by atoms with van der Waals surface area (Å²) >= 11 is 3.51. The maximum Gasteiger partial charge on any atom is 0.251 e. The molecule has 2 N–H and O–H groups in total. The Labute approximate surface area is 182 Å². The number of nitrogens with zero attached hydrogens (tertiary/aromatic N) is 2. The van der Waals surface area contributed by atoms with Crippen molar-refractivity contribution in [1.82, 2.24) is 9.47 Å². The Morgan fingerprint density at radius 2 is 1.83 bits per heavy atom. The Kier molecular flexibility index (Phi) is 7.92. The summed E-state index contributed by atoms with van der Waals surface area (Å²) in [5, 5.41) is 0. The number of aromatic nitrogens is 1. The molecular formula is C23H32BrN3O2. The van der Waals surface area contributed by atoms with E-state index in [9.17, 15) is 4.79 Å². The van der Waals surface area contributed by atoms with Crippen molar-refractivity contribution in [2.45, 2.75) is 46.1 Å². The van der Waals surface area contributed by atoms with Crippen molar-refractivity contribution in [3.63, 3.8) is 0 Å². The van der Waals surface area contributed by atoms with E-state index < -0.39 is 0 Å². The smallest absolute Gasteiger partial charge is 0.251 e. The highest BCUT2D eigenvalue weighted by Crippen LogP contribution is 2.34. The molecule has 1 aromatic carbocycles. The molecular weight excluding hydrogens is 430 g/mol. The van der Waals surface area contributed by atoms with Crippen molar-refractivity contribution in [3.05, 3.63) is 45.7 Å². The van der Waals surface area contributed by atoms with Crippen molar-refractivity contribution in [1.29, 1.82) is 0 Å². The van der Waals surface area contributed by atoms with Gasteiger partial charge in [0.1, 0.15) is 0 Å². The molecule has 1 aromatic heterocycles. The molecule has 1 aliphatic heterocycles. The largest absolute Gasteiger partial charge is 0.379 e. The lowest BCUT2D eigenvalue weighted by molar-refractivity contribution is 0.0369. The number of carbonyl (C=O) groups is 1. The summed E-state index contributed by atoms with van der Waals surface area (Å²) in [5.74, 6) is -0.343. The average Bonchev–Trinajstić information content (AvgIpc) is 2.99. The Balaban J connectivity index is 1.93. The van der Waals surface area contributed by atoms with E-state index in [2.05, 4.69) is 44.5 Å². The molecule has 29 heavy (non-hydrogen) atoms. The van der Waals surface area contributed by atoms with Gasteiger partial charge in [-0.3, -0.25) is 9.69 Å². The minimum atomic E-state index is -0.343. The average molecular weight is 462 g/mol. The van der Waals surface area contributed by atoms with Crippen LogP contribution in [0.5, 0.6) is 0 Å². The van der Waals surface area contributed by atoms with Gasteiger partial charge in [-0.15, -0.1) is 0 Å². The highest BCUT2D eigenvalue weighted by molar-refractivity contribution is 9.10. The molecule has 158 valence electrons. The third-order valence-electron chi connectivity index (χ3n) is 5.74. The third kappa shape index (κ3) is 5.30. The molecule has 0 atom stereocenters. The molecule has 0 aliphatic carbocycles. The van der Waals surface area contributed by atoms with E-state index in [1.165, 1.54) is 5.69 Å². The van der Waals surface area contributed by atoms with E-state index in [1.54, 1.807) is 0 Å². The summed E-state index contributed by atoms with van der Waals surface area (Å²) < 4.78 is 8.82. The van der Waals surface area contributed by atoms with Gasteiger partial charge in [0.25, 0.3) is 5.91 Å². The Morgan fingerprint density at radius 1 is 1.14 bits per heavy atom. The molecule has 6 heteroatoms. The molecule has 1 aliphatic rings. The second-order valence-corrected chi connectivity index (χ2v) is 8.63. The number of primary amides is 1. The van der Waals surface area contributed by atoms with Gasteiger partial charge >= 0.3 is 0 Å². The zero-order valence-corrected chi connectivity index (χ0v) is 19.1. The zero-order valence-electron chi connectivity index (χ0n) is 17.5. The molecule has 0 radical (unpaired) electrons. The first-order valence-electron chi connectivity index (χ1n) is 10.6. The van der Waals surface area contributed by atoms with Crippen molar-refractivity contribution < 1.29 is 9.53 Å². The minimum absolute atomic E-state index is 0.343. The highest BCUT2D eigenvalue weighted by Gasteiger charge is 2.24. The molecule has 2 aromatic rings. The fraction of sp³-hybridized carbons (Fsp3) is 0.522. The number of carbonyl (C=O) groups excluding carboxylic acids is 1. The van der Waals surface area contributed by atoms with Crippen LogP contribution in [0.3, 0.4) is 0 Å². The summed E-state index contributed by atoms with van der Waals surface area (Å²) in [6.07, 6.45) is 4.21. The second kappa shape index (κ2) is 10.4. The first-order chi connectivity index (χ1) is 14.0. The van der Waals surface area contributed by atoms with Crippen molar-refractivity contribution >= 4 is 21.8 Å². The quantitative estimate of drug-likeness (QED) is 0.602. The van der Waals surface area contributed by atoms with Crippen LogP contribution in [-0.4, -0.2) is 48.2 Å². The molecule has 0 bridgehead atoms. The number of hydrogen-bond acceptors (Lipinski definition) is 3. The number of morpholine rings is 1. The number of rotatable bonds is 9. The van der Waals surface area contributed by atoms with E-state index in [1.807, 2.05) is 19.1 Å². The number of unbranched alkanes of at least 4 members (excludes halogenated alkanes) is 1. The van der Waals surface area contributed by atoms with E-state index >= 15 is 0 Å². The maximum absolute atomic E-state index is 12.4. The number of amides is 1. The van der Waals surface area contributed by atoms with Gasteiger partial charge in [-0.2, -0.15) is 0 Å². The lowest BCUT2D eigenvalue weighted by Gasteiger charge is -2.26. The van der Waals surface area contributed by atoms with Crippen LogP contribution in [0.15, 0.2) is 28.7 Å². The summed E-state index contributed by atoms with van der Waals surface area (Å²) in [6.45, 7) is 9.84. The van der Waals surface area contributed by atoms with Gasteiger partial charge < -0.3 is 15.0 Å². The van der Waals surface area contributed by atoms with Gasteiger partial charge in [-0.25, -0.2) is 0 Å².